The monoisotopic (exact) mass is 453 g/mol. The fourth-order valence-corrected chi connectivity index (χ4v) is 2.87. The van der Waals surface area contributed by atoms with E-state index in [2.05, 4.69) is 5.32 Å². The number of ether oxygens (including phenoxy) is 1. The van der Waals surface area contributed by atoms with Crippen LogP contribution < -0.4 is 10.5 Å². The van der Waals surface area contributed by atoms with Gasteiger partial charge in [0.1, 0.15) is 5.02 Å². The number of sulfonamides is 1. The van der Waals surface area contributed by atoms with Gasteiger partial charge in [0.15, 0.2) is 6.61 Å². The molecule has 0 unspecified atom stereocenters. The van der Waals surface area contributed by atoms with Crippen molar-refractivity contribution in [1.82, 2.24) is 5.32 Å². The predicted molar refractivity (Wildman–Crippen MR) is 108 cm³/mol. The van der Waals surface area contributed by atoms with E-state index in [-0.39, 0.29) is 22.2 Å². The highest BCUT2D eigenvalue weighted by atomic mass is 35.5. The van der Waals surface area contributed by atoms with Crippen molar-refractivity contribution in [3.8, 4) is 0 Å². The number of carbonyl (C=O) groups is 2. The Morgan fingerprint density at radius 3 is 2.47 bits per heavy atom. The van der Waals surface area contributed by atoms with Crippen molar-refractivity contribution in [2.75, 3.05) is 6.61 Å². The Bertz CT molecular complexity index is 1100. The summed E-state index contributed by atoms with van der Waals surface area (Å²) in [5.41, 5.74) is 0.672. The van der Waals surface area contributed by atoms with E-state index >= 15 is 0 Å². The number of carbonyl (C=O) groups excluding carboxylic acids is 2. The van der Waals surface area contributed by atoms with E-state index in [1.165, 1.54) is 48.5 Å². The van der Waals surface area contributed by atoms with Crippen LogP contribution in [-0.2, 0) is 30.9 Å². The quantitative estimate of drug-likeness (QED) is 0.266. The molecule has 0 spiro atoms. The molecule has 12 heteroatoms. The second-order valence-electron chi connectivity index (χ2n) is 5.87. The Hall–Kier alpha value is -3.28. The SMILES string of the molecule is NS(=O)(=O)c1ccc(CNC(=O)COC(=O)/C=C/c2ccc(Cl)c([N+](=O)[O-])c2)cc1. The molecular weight excluding hydrogens is 438 g/mol. The third-order valence-corrected chi connectivity index (χ3v) is 4.91. The fraction of sp³-hybridized carbons (Fsp3) is 0.111. The van der Waals surface area contributed by atoms with Gasteiger partial charge in [-0.25, -0.2) is 18.4 Å². The van der Waals surface area contributed by atoms with Crippen LogP contribution >= 0.6 is 11.6 Å². The number of nitrogens with one attached hydrogen (secondary N) is 1. The zero-order chi connectivity index (χ0) is 22.3. The summed E-state index contributed by atoms with van der Waals surface area (Å²) in [5, 5.41) is 18.3. The lowest BCUT2D eigenvalue weighted by molar-refractivity contribution is -0.384. The summed E-state index contributed by atoms with van der Waals surface area (Å²) < 4.78 is 27.2. The van der Waals surface area contributed by atoms with Gasteiger partial charge in [0.2, 0.25) is 10.0 Å². The highest BCUT2D eigenvalue weighted by Crippen LogP contribution is 2.25. The number of rotatable bonds is 8. The molecule has 0 fully saturated rings. The van der Waals surface area contributed by atoms with E-state index in [0.29, 0.717) is 11.1 Å². The van der Waals surface area contributed by atoms with E-state index in [0.717, 1.165) is 6.08 Å². The molecule has 0 radical (unpaired) electrons. The molecule has 10 nitrogen and oxygen atoms in total. The Balaban J connectivity index is 1.82. The van der Waals surface area contributed by atoms with Gasteiger partial charge in [-0.3, -0.25) is 14.9 Å². The molecule has 3 N–H and O–H groups in total. The van der Waals surface area contributed by atoms with Crippen molar-refractivity contribution in [2.45, 2.75) is 11.4 Å². The van der Waals surface area contributed by atoms with Crippen molar-refractivity contribution < 1.29 is 27.7 Å². The van der Waals surface area contributed by atoms with Gasteiger partial charge in [0.25, 0.3) is 11.6 Å². The number of primary sulfonamides is 1. The molecule has 0 saturated heterocycles. The van der Waals surface area contributed by atoms with Crippen molar-refractivity contribution >= 4 is 45.3 Å². The molecule has 0 bridgehead atoms. The lowest BCUT2D eigenvalue weighted by Gasteiger charge is -2.06. The lowest BCUT2D eigenvalue weighted by Crippen LogP contribution is -2.28. The van der Waals surface area contributed by atoms with Crippen LogP contribution in [0.1, 0.15) is 11.1 Å². The van der Waals surface area contributed by atoms with Gasteiger partial charge >= 0.3 is 5.97 Å². The molecule has 30 heavy (non-hydrogen) atoms. The first-order valence-corrected chi connectivity index (χ1v) is 10.2. The summed E-state index contributed by atoms with van der Waals surface area (Å²) in [5.74, 6) is -1.39. The normalized spacial score (nSPS) is 11.3. The second kappa shape index (κ2) is 9.96. The van der Waals surface area contributed by atoms with Gasteiger partial charge in [-0.1, -0.05) is 29.8 Å². The van der Waals surface area contributed by atoms with Crippen LogP contribution in [0.15, 0.2) is 53.4 Å². The maximum atomic E-state index is 11.8. The number of amides is 1. The maximum Gasteiger partial charge on any atom is 0.331 e. The number of hydrogen-bond acceptors (Lipinski definition) is 7. The van der Waals surface area contributed by atoms with Gasteiger partial charge in [-0.05, 0) is 35.4 Å². The molecule has 2 aromatic rings. The van der Waals surface area contributed by atoms with Gasteiger partial charge in [-0.15, -0.1) is 0 Å². The summed E-state index contributed by atoms with van der Waals surface area (Å²) >= 11 is 5.71. The van der Waals surface area contributed by atoms with Gasteiger partial charge in [0, 0.05) is 18.7 Å². The summed E-state index contributed by atoms with van der Waals surface area (Å²) in [6.45, 7) is -0.454. The maximum absolute atomic E-state index is 11.8. The lowest BCUT2D eigenvalue weighted by atomic mass is 10.2. The topological polar surface area (TPSA) is 159 Å². The number of halogens is 1. The summed E-state index contributed by atoms with van der Waals surface area (Å²) in [4.78, 5) is 33.6. The molecule has 2 rings (SSSR count). The predicted octanol–water partition coefficient (Wildman–Crippen LogP) is 1.77. The van der Waals surface area contributed by atoms with E-state index in [1.54, 1.807) is 0 Å². The van der Waals surface area contributed by atoms with E-state index in [9.17, 15) is 28.1 Å². The first-order chi connectivity index (χ1) is 14.1. The third-order valence-electron chi connectivity index (χ3n) is 3.67. The van der Waals surface area contributed by atoms with E-state index in [1.807, 2.05) is 0 Å². The number of nitrogens with two attached hydrogens (primary N) is 1. The molecular formula is C18H16ClN3O7S. The Kier molecular flexibility index (Phi) is 7.64. The first kappa shape index (κ1) is 23.0. The zero-order valence-electron chi connectivity index (χ0n) is 15.3. The van der Waals surface area contributed by atoms with E-state index in [4.69, 9.17) is 21.5 Å². The smallest absolute Gasteiger partial charge is 0.331 e. The molecule has 158 valence electrons. The molecule has 2 aromatic carbocycles. The van der Waals surface area contributed by atoms with Crippen LogP contribution in [0.2, 0.25) is 5.02 Å². The largest absolute Gasteiger partial charge is 0.452 e. The van der Waals surface area contributed by atoms with Crippen LogP contribution in [-0.4, -0.2) is 31.8 Å². The summed E-state index contributed by atoms with van der Waals surface area (Å²) in [6, 6.07) is 9.59. The number of esters is 1. The Labute approximate surface area is 176 Å². The van der Waals surface area contributed by atoms with Gasteiger partial charge in [-0.2, -0.15) is 0 Å². The molecule has 0 heterocycles. The first-order valence-electron chi connectivity index (χ1n) is 8.23. The zero-order valence-corrected chi connectivity index (χ0v) is 16.9. The second-order valence-corrected chi connectivity index (χ2v) is 7.84. The molecule has 0 atom stereocenters. The summed E-state index contributed by atoms with van der Waals surface area (Å²) in [7, 11) is -3.79. The average molecular weight is 454 g/mol. The van der Waals surface area contributed by atoms with Gasteiger partial charge < -0.3 is 10.1 Å². The van der Waals surface area contributed by atoms with Crippen molar-refractivity contribution in [3.63, 3.8) is 0 Å². The van der Waals surface area contributed by atoms with Crippen LogP contribution in [0, 0.1) is 10.1 Å². The van der Waals surface area contributed by atoms with Gasteiger partial charge in [0.05, 0.1) is 9.82 Å². The fourth-order valence-electron chi connectivity index (χ4n) is 2.17. The number of nitrogens with zero attached hydrogens (tertiary/aromatic N) is 1. The van der Waals surface area contributed by atoms with Crippen molar-refractivity contribution in [1.29, 1.82) is 0 Å². The minimum absolute atomic E-state index is 0.0318. The van der Waals surface area contributed by atoms with Crippen LogP contribution in [0.4, 0.5) is 5.69 Å². The highest BCUT2D eigenvalue weighted by molar-refractivity contribution is 7.89. The number of hydrogen-bond donors (Lipinski definition) is 2. The third kappa shape index (κ3) is 6.95. The average Bonchev–Trinajstić information content (AvgIpc) is 2.69. The molecule has 0 aliphatic heterocycles. The Morgan fingerprint density at radius 1 is 1.20 bits per heavy atom. The molecule has 1 amide bonds. The number of nitro groups is 1. The molecule has 0 aromatic heterocycles. The minimum Gasteiger partial charge on any atom is -0.452 e. The summed E-state index contributed by atoms with van der Waals surface area (Å²) in [6.07, 6.45) is 2.31. The Morgan fingerprint density at radius 2 is 1.87 bits per heavy atom. The van der Waals surface area contributed by atoms with E-state index < -0.39 is 33.4 Å². The molecule has 0 saturated carbocycles. The van der Waals surface area contributed by atoms with Crippen LogP contribution in [0.5, 0.6) is 0 Å². The van der Waals surface area contributed by atoms with Crippen LogP contribution in [0.25, 0.3) is 6.08 Å². The number of nitro benzene ring substituents is 1. The molecule has 0 aliphatic rings. The highest BCUT2D eigenvalue weighted by Gasteiger charge is 2.12. The standard InChI is InChI=1S/C18H16ClN3O7S/c19-15-7-3-12(9-16(15)22(25)26)4-8-18(24)29-11-17(23)21-10-13-1-5-14(6-2-13)30(20,27)28/h1-9H,10-11H2,(H,21,23)(H2,20,27,28)/b8-4+. The number of benzene rings is 2. The van der Waals surface area contributed by atoms with Crippen molar-refractivity contribution in [2.24, 2.45) is 5.14 Å². The molecule has 0 aliphatic carbocycles. The van der Waals surface area contributed by atoms with Crippen molar-refractivity contribution in [3.05, 3.63) is 74.8 Å². The minimum atomic E-state index is -3.79. The van der Waals surface area contributed by atoms with Crippen LogP contribution in [0.3, 0.4) is 0 Å².